The van der Waals surface area contributed by atoms with Crippen molar-refractivity contribution in [1.82, 2.24) is 24.4 Å². The number of rotatable bonds is 2. The van der Waals surface area contributed by atoms with Gasteiger partial charge in [-0.3, -0.25) is 9.08 Å². The molecule has 1 aliphatic heterocycles. The van der Waals surface area contributed by atoms with Crippen LogP contribution >= 0.6 is 0 Å². The third kappa shape index (κ3) is 2.14. The number of hydrogen-bond acceptors (Lipinski definition) is 5. The number of anilines is 1. The summed E-state index contributed by atoms with van der Waals surface area (Å²) >= 11 is 0. The lowest BCUT2D eigenvalue weighted by molar-refractivity contribution is 0.193. The van der Waals surface area contributed by atoms with Crippen LogP contribution in [0.2, 0.25) is 0 Å². The second-order valence-electron chi connectivity index (χ2n) is 5.66. The van der Waals surface area contributed by atoms with Gasteiger partial charge in [0.05, 0.1) is 24.0 Å². The lowest BCUT2D eigenvalue weighted by Crippen LogP contribution is -2.24. The summed E-state index contributed by atoms with van der Waals surface area (Å²) in [5, 5.41) is 22.8. The first-order valence-corrected chi connectivity index (χ1v) is 7.52. The maximum Gasteiger partial charge on any atom is 0.232 e. The highest BCUT2D eigenvalue weighted by Gasteiger charge is 2.21. The van der Waals surface area contributed by atoms with Gasteiger partial charge in [0.25, 0.3) is 0 Å². The second-order valence-corrected chi connectivity index (χ2v) is 5.66. The zero-order valence-electron chi connectivity index (χ0n) is 12.4. The van der Waals surface area contributed by atoms with E-state index in [1.165, 1.54) is 0 Å². The van der Waals surface area contributed by atoms with E-state index in [9.17, 15) is 5.11 Å². The Balaban J connectivity index is 1.71. The molecule has 3 aromatic rings. The molecular weight excluding hydrogens is 280 g/mol. The first-order chi connectivity index (χ1) is 10.7. The maximum absolute atomic E-state index is 9.72. The van der Waals surface area contributed by atoms with Crippen molar-refractivity contribution in [2.24, 2.45) is 0 Å². The molecule has 0 aliphatic carbocycles. The summed E-state index contributed by atoms with van der Waals surface area (Å²) in [7, 11) is 0. The number of hydrogen-bond donors (Lipinski definition) is 1. The average molecular weight is 298 g/mol. The standard InChI is InChI=1S/C15H18N6O/c1-11(22)13-9-12-10-19(6-4-8-21(12)18-13)15-17-16-14-5-2-3-7-20(14)15/h2-3,5,7,9,11,22H,4,6,8,10H2,1H3. The normalized spacial score (nSPS) is 16.5. The smallest absolute Gasteiger partial charge is 0.232 e. The van der Waals surface area contributed by atoms with Crippen molar-refractivity contribution in [3.8, 4) is 0 Å². The molecule has 1 atom stereocenters. The Hall–Kier alpha value is -2.41. The van der Waals surface area contributed by atoms with Gasteiger partial charge >= 0.3 is 0 Å². The van der Waals surface area contributed by atoms with Crippen LogP contribution in [0.1, 0.15) is 30.8 Å². The van der Waals surface area contributed by atoms with E-state index in [1.807, 2.05) is 39.5 Å². The molecule has 114 valence electrons. The van der Waals surface area contributed by atoms with Crippen LogP contribution in [0.25, 0.3) is 5.65 Å². The minimum atomic E-state index is -0.540. The number of pyridine rings is 1. The molecule has 0 fully saturated rings. The molecule has 0 radical (unpaired) electrons. The zero-order valence-corrected chi connectivity index (χ0v) is 12.4. The van der Waals surface area contributed by atoms with Gasteiger partial charge in [0.15, 0.2) is 5.65 Å². The van der Waals surface area contributed by atoms with Crippen molar-refractivity contribution in [3.63, 3.8) is 0 Å². The predicted octanol–water partition coefficient (Wildman–Crippen LogP) is 1.39. The topological polar surface area (TPSA) is 71.5 Å². The molecule has 0 saturated carbocycles. The minimum absolute atomic E-state index is 0.540. The van der Waals surface area contributed by atoms with Crippen molar-refractivity contribution >= 4 is 11.6 Å². The third-order valence-corrected chi connectivity index (χ3v) is 4.04. The zero-order chi connectivity index (χ0) is 15.1. The predicted molar refractivity (Wildman–Crippen MR) is 81.5 cm³/mol. The van der Waals surface area contributed by atoms with E-state index in [2.05, 4.69) is 20.2 Å². The Morgan fingerprint density at radius 2 is 2.14 bits per heavy atom. The van der Waals surface area contributed by atoms with Crippen molar-refractivity contribution in [3.05, 3.63) is 41.9 Å². The third-order valence-electron chi connectivity index (χ3n) is 4.04. The van der Waals surface area contributed by atoms with E-state index in [0.717, 1.165) is 49.0 Å². The van der Waals surface area contributed by atoms with Gasteiger partial charge in [-0.1, -0.05) is 6.07 Å². The molecule has 0 amide bonds. The first kappa shape index (κ1) is 13.3. The quantitative estimate of drug-likeness (QED) is 0.774. The molecule has 0 spiro atoms. The molecule has 0 aromatic carbocycles. The van der Waals surface area contributed by atoms with Gasteiger partial charge in [-0.2, -0.15) is 5.10 Å². The molecule has 0 saturated heterocycles. The maximum atomic E-state index is 9.72. The van der Waals surface area contributed by atoms with Crippen LogP contribution in [0.5, 0.6) is 0 Å². The Bertz CT molecular complexity index is 805. The monoisotopic (exact) mass is 298 g/mol. The number of aromatic nitrogens is 5. The van der Waals surface area contributed by atoms with Crippen LogP contribution in [0.15, 0.2) is 30.5 Å². The molecule has 22 heavy (non-hydrogen) atoms. The fourth-order valence-electron chi connectivity index (χ4n) is 2.90. The summed E-state index contributed by atoms with van der Waals surface area (Å²) in [6.45, 7) is 4.22. The number of nitrogens with zero attached hydrogens (tertiary/aromatic N) is 6. The van der Waals surface area contributed by atoms with Gasteiger partial charge < -0.3 is 10.0 Å². The average Bonchev–Trinajstić information content (AvgIpc) is 3.06. The molecule has 1 aliphatic rings. The van der Waals surface area contributed by atoms with Gasteiger partial charge in [0, 0.05) is 19.3 Å². The number of aryl methyl sites for hydroxylation is 1. The number of aliphatic hydroxyl groups is 1. The van der Waals surface area contributed by atoms with Crippen LogP contribution < -0.4 is 4.90 Å². The van der Waals surface area contributed by atoms with Crippen LogP contribution in [-0.4, -0.2) is 36.0 Å². The summed E-state index contributed by atoms with van der Waals surface area (Å²) in [5.74, 6) is 0.851. The Morgan fingerprint density at radius 1 is 1.23 bits per heavy atom. The Kier molecular flexibility index (Phi) is 3.07. The van der Waals surface area contributed by atoms with Crippen molar-refractivity contribution in [1.29, 1.82) is 0 Å². The van der Waals surface area contributed by atoms with Gasteiger partial charge in [-0.15, -0.1) is 10.2 Å². The molecule has 7 nitrogen and oxygen atoms in total. The highest BCUT2D eigenvalue weighted by molar-refractivity contribution is 5.46. The summed E-state index contributed by atoms with van der Waals surface area (Å²) < 4.78 is 3.99. The van der Waals surface area contributed by atoms with E-state index in [0.29, 0.717) is 0 Å². The molecule has 4 heterocycles. The van der Waals surface area contributed by atoms with E-state index in [-0.39, 0.29) is 0 Å². The lowest BCUT2D eigenvalue weighted by Gasteiger charge is -2.19. The molecular formula is C15H18N6O. The second kappa shape index (κ2) is 5.10. The van der Waals surface area contributed by atoms with Crippen LogP contribution in [-0.2, 0) is 13.1 Å². The van der Waals surface area contributed by atoms with E-state index in [4.69, 9.17) is 0 Å². The molecule has 1 unspecified atom stereocenters. The highest BCUT2D eigenvalue weighted by Crippen LogP contribution is 2.22. The minimum Gasteiger partial charge on any atom is -0.387 e. The Labute approximate surface area is 127 Å². The molecule has 7 heteroatoms. The molecule has 1 N–H and O–H groups in total. The van der Waals surface area contributed by atoms with Crippen LogP contribution in [0, 0.1) is 0 Å². The van der Waals surface area contributed by atoms with Gasteiger partial charge in [-0.05, 0) is 31.5 Å². The van der Waals surface area contributed by atoms with Crippen molar-refractivity contribution < 1.29 is 5.11 Å². The van der Waals surface area contributed by atoms with E-state index >= 15 is 0 Å². The molecule has 4 rings (SSSR count). The molecule has 0 bridgehead atoms. The van der Waals surface area contributed by atoms with Crippen LogP contribution in [0.4, 0.5) is 5.95 Å². The fourth-order valence-corrected chi connectivity index (χ4v) is 2.90. The number of fused-ring (bicyclic) bond motifs is 2. The SMILES string of the molecule is CC(O)c1cc2n(n1)CCCN(c1nnc3ccccn13)C2. The van der Waals surface area contributed by atoms with Gasteiger partial charge in [0.2, 0.25) is 5.95 Å². The van der Waals surface area contributed by atoms with E-state index < -0.39 is 6.10 Å². The largest absolute Gasteiger partial charge is 0.387 e. The highest BCUT2D eigenvalue weighted by atomic mass is 16.3. The van der Waals surface area contributed by atoms with Gasteiger partial charge in [-0.25, -0.2) is 0 Å². The lowest BCUT2D eigenvalue weighted by atomic mass is 10.2. The van der Waals surface area contributed by atoms with Gasteiger partial charge in [0.1, 0.15) is 0 Å². The molecule has 3 aromatic heterocycles. The number of aliphatic hydroxyl groups excluding tert-OH is 1. The summed E-state index contributed by atoms with van der Waals surface area (Å²) in [6.07, 6.45) is 2.42. The Morgan fingerprint density at radius 3 is 3.00 bits per heavy atom. The van der Waals surface area contributed by atoms with Crippen LogP contribution in [0.3, 0.4) is 0 Å². The van der Waals surface area contributed by atoms with Crippen molar-refractivity contribution in [2.45, 2.75) is 32.5 Å². The fraction of sp³-hybridized carbons (Fsp3) is 0.400. The van der Waals surface area contributed by atoms with Crippen molar-refractivity contribution in [2.75, 3.05) is 11.4 Å². The summed E-state index contributed by atoms with van der Waals surface area (Å²) in [5.41, 5.74) is 2.67. The summed E-state index contributed by atoms with van der Waals surface area (Å²) in [6, 6.07) is 7.87. The first-order valence-electron chi connectivity index (χ1n) is 7.52. The van der Waals surface area contributed by atoms with E-state index in [1.54, 1.807) is 6.92 Å². The summed E-state index contributed by atoms with van der Waals surface area (Å²) in [4.78, 5) is 2.21.